The van der Waals surface area contributed by atoms with Gasteiger partial charge in [-0.1, -0.05) is 49.6 Å². The number of rotatable bonds is 3. The van der Waals surface area contributed by atoms with E-state index in [1.807, 2.05) is 36.4 Å². The highest BCUT2D eigenvalue weighted by Crippen LogP contribution is 2.43. The average Bonchev–Trinajstić information content (AvgIpc) is 2.55. The lowest BCUT2D eigenvalue weighted by molar-refractivity contribution is 0.0658. The van der Waals surface area contributed by atoms with E-state index in [-0.39, 0.29) is 12.1 Å². The smallest absolute Gasteiger partial charge is 0.207 e. The number of fused-ring (bicyclic) bond motifs is 1. The predicted molar refractivity (Wildman–Crippen MR) is 98.3 cm³/mol. The van der Waals surface area contributed by atoms with Gasteiger partial charge in [-0.05, 0) is 57.1 Å². The molecule has 0 N–H and O–H groups in total. The number of nitrogens with zero attached hydrogens (tertiary/aromatic N) is 1. The van der Waals surface area contributed by atoms with Crippen LogP contribution in [-0.2, 0) is 10.0 Å². The fraction of sp³-hybridized carbons (Fsp3) is 0.600. The number of benzene rings is 1. The van der Waals surface area contributed by atoms with Gasteiger partial charge in [0.25, 0.3) is 0 Å². The number of piperidine rings is 1. The van der Waals surface area contributed by atoms with Crippen LogP contribution in [0.4, 0.5) is 0 Å². The van der Waals surface area contributed by atoms with Crippen molar-refractivity contribution < 1.29 is 8.42 Å². The molecule has 1 aromatic carbocycles. The van der Waals surface area contributed by atoms with E-state index in [0.717, 1.165) is 31.2 Å². The third-order valence-corrected chi connectivity index (χ3v) is 7.81. The second-order valence-corrected chi connectivity index (χ2v) is 9.30. The van der Waals surface area contributed by atoms with E-state index in [4.69, 9.17) is 0 Å². The summed E-state index contributed by atoms with van der Waals surface area (Å²) in [5, 5.41) is 0. The molecule has 132 valence electrons. The second-order valence-electron chi connectivity index (χ2n) is 7.46. The molecule has 1 unspecified atom stereocenters. The van der Waals surface area contributed by atoms with Crippen LogP contribution in [0, 0.1) is 18.8 Å². The zero-order valence-corrected chi connectivity index (χ0v) is 15.8. The van der Waals surface area contributed by atoms with E-state index in [2.05, 4.69) is 13.0 Å². The van der Waals surface area contributed by atoms with E-state index in [1.165, 1.54) is 6.42 Å². The van der Waals surface area contributed by atoms with Gasteiger partial charge in [-0.25, -0.2) is 8.42 Å². The van der Waals surface area contributed by atoms with Gasteiger partial charge < -0.3 is 0 Å². The summed E-state index contributed by atoms with van der Waals surface area (Å²) in [7, 11) is -3.46. The lowest BCUT2D eigenvalue weighted by Gasteiger charge is -2.49. The van der Waals surface area contributed by atoms with Crippen LogP contribution in [0.3, 0.4) is 0 Å². The zero-order valence-electron chi connectivity index (χ0n) is 15.0. The molecule has 24 heavy (non-hydrogen) atoms. The Morgan fingerprint density at radius 2 is 1.79 bits per heavy atom. The van der Waals surface area contributed by atoms with Crippen molar-refractivity contribution in [1.29, 1.82) is 0 Å². The minimum atomic E-state index is -3.46. The molecule has 1 aromatic rings. The van der Waals surface area contributed by atoms with Gasteiger partial charge in [0.1, 0.15) is 0 Å². The third-order valence-electron chi connectivity index (χ3n) is 5.84. The van der Waals surface area contributed by atoms with Gasteiger partial charge in [-0.3, -0.25) is 0 Å². The highest BCUT2D eigenvalue weighted by atomic mass is 32.2. The molecule has 1 heterocycles. The molecule has 1 saturated carbocycles. The summed E-state index contributed by atoms with van der Waals surface area (Å²) in [6.07, 6.45) is 9.49. The SMILES string of the molecule is C/C=C/C1CC[C@H]2[C@H](C)CCC[C@H]2N1S(=O)(=O)c1ccc(C)cc1. The van der Waals surface area contributed by atoms with Gasteiger partial charge in [0, 0.05) is 12.1 Å². The fourth-order valence-electron chi connectivity index (χ4n) is 4.58. The van der Waals surface area contributed by atoms with Crippen molar-refractivity contribution in [3.63, 3.8) is 0 Å². The van der Waals surface area contributed by atoms with Crippen LogP contribution >= 0.6 is 0 Å². The maximum Gasteiger partial charge on any atom is 0.243 e. The Labute approximate surface area is 146 Å². The first-order chi connectivity index (χ1) is 11.4. The molecule has 2 aliphatic rings. The molecule has 0 bridgehead atoms. The van der Waals surface area contributed by atoms with Crippen LogP contribution in [0.25, 0.3) is 0 Å². The molecule has 4 heteroatoms. The van der Waals surface area contributed by atoms with E-state index in [1.54, 1.807) is 12.1 Å². The van der Waals surface area contributed by atoms with Crippen molar-refractivity contribution in [2.75, 3.05) is 0 Å². The molecule has 0 radical (unpaired) electrons. The molecule has 1 aliphatic carbocycles. The summed E-state index contributed by atoms with van der Waals surface area (Å²) in [6, 6.07) is 7.44. The molecule has 2 fully saturated rings. The van der Waals surface area contributed by atoms with Crippen LogP contribution < -0.4 is 0 Å². The Balaban J connectivity index is 2.02. The van der Waals surface area contributed by atoms with Crippen molar-refractivity contribution >= 4 is 10.0 Å². The van der Waals surface area contributed by atoms with E-state index in [9.17, 15) is 8.42 Å². The van der Waals surface area contributed by atoms with Crippen LogP contribution in [0.1, 0.15) is 51.5 Å². The third kappa shape index (κ3) is 3.18. The van der Waals surface area contributed by atoms with Gasteiger partial charge in [-0.2, -0.15) is 4.31 Å². The molecule has 1 saturated heterocycles. The quantitative estimate of drug-likeness (QED) is 0.753. The van der Waals surface area contributed by atoms with Crippen molar-refractivity contribution in [2.24, 2.45) is 11.8 Å². The molecular weight excluding hydrogens is 318 g/mol. The van der Waals surface area contributed by atoms with E-state index in [0.29, 0.717) is 16.7 Å². The summed E-state index contributed by atoms with van der Waals surface area (Å²) in [6.45, 7) is 6.26. The normalized spacial score (nSPS) is 32.0. The summed E-state index contributed by atoms with van der Waals surface area (Å²) in [4.78, 5) is 0.432. The maximum atomic E-state index is 13.4. The first-order valence-corrected chi connectivity index (χ1v) is 10.6. The van der Waals surface area contributed by atoms with Crippen molar-refractivity contribution in [3.05, 3.63) is 42.0 Å². The molecule has 0 aromatic heterocycles. The van der Waals surface area contributed by atoms with E-state index >= 15 is 0 Å². The van der Waals surface area contributed by atoms with Gasteiger partial charge in [0.15, 0.2) is 0 Å². The Hall–Kier alpha value is -1.13. The van der Waals surface area contributed by atoms with Crippen LogP contribution in [0.15, 0.2) is 41.3 Å². The molecule has 3 rings (SSSR count). The second kappa shape index (κ2) is 7.01. The molecule has 0 spiro atoms. The predicted octanol–water partition coefficient (Wildman–Crippen LogP) is 4.53. The highest BCUT2D eigenvalue weighted by Gasteiger charge is 2.46. The molecule has 4 atom stereocenters. The lowest BCUT2D eigenvalue weighted by atomic mass is 9.71. The monoisotopic (exact) mass is 347 g/mol. The van der Waals surface area contributed by atoms with Crippen molar-refractivity contribution in [2.45, 2.75) is 69.9 Å². The van der Waals surface area contributed by atoms with Crippen LogP contribution in [0.2, 0.25) is 0 Å². The standard InChI is InChI=1S/C20H29NO2S/c1-4-6-17-11-14-19-16(3)7-5-8-20(19)21(17)24(22,23)18-12-9-15(2)10-13-18/h4,6,9-10,12-13,16-17,19-20H,5,7-8,11,14H2,1-3H3/b6-4+/t16-,17?,19+,20-/m1/s1. The van der Waals surface area contributed by atoms with Crippen LogP contribution in [0.5, 0.6) is 0 Å². The number of hydrogen-bond donors (Lipinski definition) is 0. The summed E-state index contributed by atoms with van der Waals surface area (Å²) in [5.41, 5.74) is 1.08. The van der Waals surface area contributed by atoms with Gasteiger partial charge in [0.05, 0.1) is 4.90 Å². The Kier molecular flexibility index (Phi) is 5.16. The molecule has 0 amide bonds. The molecule has 1 aliphatic heterocycles. The van der Waals surface area contributed by atoms with Gasteiger partial charge in [0.2, 0.25) is 10.0 Å². The summed E-state index contributed by atoms with van der Waals surface area (Å²) < 4.78 is 28.7. The highest BCUT2D eigenvalue weighted by molar-refractivity contribution is 7.89. The summed E-state index contributed by atoms with van der Waals surface area (Å²) in [5.74, 6) is 1.12. The lowest BCUT2D eigenvalue weighted by Crippen LogP contribution is -2.55. The van der Waals surface area contributed by atoms with Crippen LogP contribution in [-0.4, -0.2) is 24.8 Å². The zero-order chi connectivity index (χ0) is 17.3. The Morgan fingerprint density at radius 1 is 1.08 bits per heavy atom. The minimum Gasteiger partial charge on any atom is -0.207 e. The first-order valence-electron chi connectivity index (χ1n) is 9.18. The topological polar surface area (TPSA) is 37.4 Å². The van der Waals surface area contributed by atoms with Gasteiger partial charge in [-0.15, -0.1) is 0 Å². The van der Waals surface area contributed by atoms with E-state index < -0.39 is 10.0 Å². The Morgan fingerprint density at radius 3 is 2.46 bits per heavy atom. The first kappa shape index (κ1) is 17.7. The number of allylic oxidation sites excluding steroid dienone is 1. The fourth-order valence-corrected chi connectivity index (χ4v) is 6.45. The van der Waals surface area contributed by atoms with Crippen molar-refractivity contribution in [3.8, 4) is 0 Å². The largest absolute Gasteiger partial charge is 0.243 e. The minimum absolute atomic E-state index is 0.00662. The van der Waals surface area contributed by atoms with Crippen molar-refractivity contribution in [1.82, 2.24) is 4.31 Å². The number of sulfonamides is 1. The molecule has 3 nitrogen and oxygen atoms in total. The van der Waals surface area contributed by atoms with Gasteiger partial charge >= 0.3 is 0 Å². The maximum absolute atomic E-state index is 13.4. The Bertz CT molecular complexity index is 693. The summed E-state index contributed by atoms with van der Waals surface area (Å²) >= 11 is 0. The average molecular weight is 348 g/mol. The number of aryl methyl sites for hydroxylation is 1. The number of hydrogen-bond acceptors (Lipinski definition) is 2. The molecular formula is C20H29NO2S.